The monoisotopic (exact) mass is 1200 g/mol. The number of fused-ring (bicyclic) bond motifs is 12. The van der Waals surface area contributed by atoms with Crippen LogP contribution in [0.1, 0.15) is 79.4 Å². The normalized spacial score (nSPS) is 18.6. The highest BCUT2D eigenvalue weighted by molar-refractivity contribution is 6.77. The van der Waals surface area contributed by atoms with Gasteiger partial charge in [-0.2, -0.15) is 0 Å². The second-order valence-electron chi connectivity index (χ2n) is 24.7. The third-order valence-electron chi connectivity index (χ3n) is 18.8. The van der Waals surface area contributed by atoms with Gasteiger partial charge in [-0.1, -0.05) is 95.3 Å². The number of allylic oxidation sites excluding steroid dienone is 3. The molecule has 0 amide bonds. The highest BCUT2D eigenvalue weighted by Crippen LogP contribution is 2.50. The van der Waals surface area contributed by atoms with Crippen molar-refractivity contribution in [2.24, 2.45) is 0 Å². The topological polar surface area (TPSA) is 120 Å². The van der Waals surface area contributed by atoms with Crippen LogP contribution in [0, 0.1) is 20.8 Å². The summed E-state index contributed by atoms with van der Waals surface area (Å²) in [6, 6.07) is 53.9. The molecule has 91 heavy (non-hydrogen) atoms. The fourth-order valence-corrected chi connectivity index (χ4v) is 14.8. The number of pyridine rings is 4. The molecule has 0 unspecified atom stereocenters. The molecular formula is C72H72B3N13O3. The SMILES string of the molecule is CC1=Cc2c(oc3nc(C)ccc23)N(C)B1N1c2ccccc2N(c2ccccc2)[C@@H]1C.CC1=Cc2c(oc3nc(C)ccc23)N(C)B1N1c2ncccc2N(c2ccccc2)[C@@H]1C.[2H]C([2H])([2H])N1c2ccccc2N(B2C(C)=Cc3c(oc4nc(C)ccc34)N2C)[C@H]1C. The molecule has 0 bridgehead atoms. The van der Waals surface area contributed by atoms with Crippen molar-refractivity contribution in [2.45, 2.75) is 80.8 Å². The van der Waals surface area contributed by atoms with Gasteiger partial charge in [0.15, 0.2) is 17.7 Å². The van der Waals surface area contributed by atoms with E-state index in [9.17, 15) is 0 Å². The molecule has 7 aromatic heterocycles. The smallest absolute Gasteiger partial charge is 0.411 e. The van der Waals surface area contributed by atoms with E-state index in [-0.39, 0.29) is 39.4 Å². The predicted octanol–water partition coefficient (Wildman–Crippen LogP) is 15.8. The standard InChI is InChI=1S/C26H25BN4O.C25H24BN5O.C21H23BN4O/c1-17-16-22-21-15-14-18(2)28-25(21)32-26(22)29(4)27(17)31-19(3)30(20-10-6-5-7-11-20)23-12-8-9-13-24(23)31;1-16-15-21-20-13-12-17(2)28-24(20)32-25(21)29(4)26(16)31-18(3)30(19-9-6-5-7-10-19)22-11-8-14-27-23(22)31;1-13-12-17-16-11-10-14(2)23-20(16)27-21(17)25(5)22(13)26-15(3)24(4)18-8-6-7-9-19(18)26/h5-16,19H,1-4H3;5-15,18H,1-4H3;6-12,15H,1-5H3/t19-;18-;15-/m000/s1/i;;4D3. The first-order valence-electron chi connectivity index (χ1n) is 32.7. The molecule has 4 aromatic carbocycles. The van der Waals surface area contributed by atoms with Crippen LogP contribution in [0.2, 0.25) is 0 Å². The minimum Gasteiger partial charge on any atom is -0.423 e. The summed E-state index contributed by atoms with van der Waals surface area (Å²) in [5, 5.41) is 3.10. The van der Waals surface area contributed by atoms with E-state index in [1.54, 1.807) is 0 Å². The van der Waals surface area contributed by atoms with Crippen molar-refractivity contribution in [3.63, 3.8) is 0 Å². The van der Waals surface area contributed by atoms with E-state index >= 15 is 0 Å². The number of aryl methyl sites for hydroxylation is 3. The molecule has 6 aliphatic rings. The van der Waals surface area contributed by atoms with Gasteiger partial charge in [0.1, 0.15) is 5.82 Å². The third kappa shape index (κ3) is 9.12. The van der Waals surface area contributed by atoms with Gasteiger partial charge in [-0.15, -0.1) is 0 Å². The van der Waals surface area contributed by atoms with E-state index in [1.807, 2.05) is 102 Å². The molecule has 0 radical (unpaired) electrons. The summed E-state index contributed by atoms with van der Waals surface area (Å²) >= 11 is 0. The highest BCUT2D eigenvalue weighted by Gasteiger charge is 2.49. The Hall–Kier alpha value is -10.3. The average Bonchev–Trinajstić information content (AvgIpc) is 1.58. The minimum atomic E-state index is -2.24. The number of nitrogens with zero attached hydrogens (tertiary/aromatic N) is 13. The second kappa shape index (κ2) is 22.0. The number of aromatic nitrogens is 4. The first kappa shape index (κ1) is 53.7. The Morgan fingerprint density at radius 1 is 0.396 bits per heavy atom. The molecule has 13 heterocycles. The molecule has 11 aromatic rings. The van der Waals surface area contributed by atoms with Gasteiger partial charge < -0.3 is 56.8 Å². The Morgan fingerprint density at radius 3 is 1.21 bits per heavy atom. The molecule has 17 rings (SSSR count). The van der Waals surface area contributed by atoms with E-state index < -0.39 is 6.98 Å². The fourth-order valence-electron chi connectivity index (χ4n) is 14.8. The van der Waals surface area contributed by atoms with Crippen LogP contribution in [0.4, 0.5) is 63.3 Å². The van der Waals surface area contributed by atoms with Crippen molar-refractivity contribution in [1.82, 2.24) is 19.9 Å². The Kier molecular flexibility index (Phi) is 13.0. The maximum Gasteiger partial charge on any atom is 0.411 e. The lowest BCUT2D eigenvalue weighted by molar-refractivity contribution is 0.603. The van der Waals surface area contributed by atoms with E-state index in [0.717, 1.165) is 102 Å². The zero-order valence-electron chi connectivity index (χ0n) is 56.3. The average molecular weight is 1200 g/mol. The Balaban J connectivity index is 0.000000116. The number of para-hydroxylation sites is 6. The maximum atomic E-state index is 8.08. The quantitative estimate of drug-likeness (QED) is 0.152. The van der Waals surface area contributed by atoms with Gasteiger partial charge >= 0.3 is 20.9 Å². The van der Waals surface area contributed by atoms with Crippen LogP contribution in [-0.4, -0.2) is 87.5 Å². The summed E-state index contributed by atoms with van der Waals surface area (Å²) in [5.74, 6) is 3.44. The van der Waals surface area contributed by atoms with E-state index in [1.165, 1.54) is 32.9 Å². The zero-order valence-corrected chi connectivity index (χ0v) is 53.3. The molecule has 3 atom stereocenters. The van der Waals surface area contributed by atoms with Crippen LogP contribution in [0.15, 0.2) is 194 Å². The van der Waals surface area contributed by atoms with Crippen LogP contribution in [0.25, 0.3) is 51.5 Å². The van der Waals surface area contributed by atoms with Crippen LogP contribution < -0.4 is 43.6 Å². The summed E-state index contributed by atoms with van der Waals surface area (Å²) in [5.41, 5.74) is 19.2. The summed E-state index contributed by atoms with van der Waals surface area (Å²) in [6.45, 7) is 16.4. The molecule has 16 nitrogen and oxygen atoms in total. The van der Waals surface area contributed by atoms with Gasteiger partial charge in [0.2, 0.25) is 17.1 Å². The molecule has 0 N–H and O–H groups in total. The van der Waals surface area contributed by atoms with E-state index in [0.29, 0.717) is 17.1 Å². The molecule has 0 saturated heterocycles. The van der Waals surface area contributed by atoms with Gasteiger partial charge in [-0.05, 0) is 181 Å². The van der Waals surface area contributed by atoms with Gasteiger partial charge in [0.05, 0.1) is 46.9 Å². The Bertz CT molecular complexity index is 4670. The molecule has 0 saturated carbocycles. The van der Waals surface area contributed by atoms with E-state index in [2.05, 4.69) is 218 Å². The van der Waals surface area contributed by atoms with E-state index in [4.69, 9.17) is 22.3 Å². The van der Waals surface area contributed by atoms with Crippen molar-refractivity contribution in [3.8, 4) is 0 Å². The highest BCUT2D eigenvalue weighted by atomic mass is 16.4. The summed E-state index contributed by atoms with van der Waals surface area (Å²) in [4.78, 5) is 38.4. The molecule has 19 heteroatoms. The molecule has 6 aliphatic heterocycles. The lowest BCUT2D eigenvalue weighted by Crippen LogP contribution is -2.58. The molecule has 0 fully saturated rings. The molecule has 0 spiro atoms. The third-order valence-corrected chi connectivity index (χ3v) is 18.8. The summed E-state index contributed by atoms with van der Waals surface area (Å²) in [6.07, 6.45) is 8.37. The largest absolute Gasteiger partial charge is 0.423 e. The first-order valence-corrected chi connectivity index (χ1v) is 31.2. The fraction of sp³-hybridized carbons (Fsp3) is 0.222. The lowest BCUT2D eigenvalue weighted by atomic mass is 9.61. The molecule has 452 valence electrons. The van der Waals surface area contributed by atoms with Crippen molar-refractivity contribution < 1.29 is 17.4 Å². The minimum absolute atomic E-state index is 0.0264. The van der Waals surface area contributed by atoms with Gasteiger partial charge in [0.25, 0.3) is 0 Å². The maximum absolute atomic E-state index is 8.08. The van der Waals surface area contributed by atoms with Gasteiger partial charge in [-0.3, -0.25) is 0 Å². The number of rotatable bonds is 5. The number of furan rings is 3. The number of hydrogen-bond donors (Lipinski definition) is 0. The van der Waals surface area contributed by atoms with Crippen LogP contribution in [-0.2, 0) is 0 Å². The van der Waals surface area contributed by atoms with Crippen LogP contribution in [0.3, 0.4) is 0 Å². The van der Waals surface area contributed by atoms with Gasteiger partial charge in [-0.25, -0.2) is 19.9 Å². The first-order chi connectivity index (χ1) is 45.3. The van der Waals surface area contributed by atoms with Crippen molar-refractivity contribution in [2.75, 3.05) is 71.7 Å². The Morgan fingerprint density at radius 2 is 0.758 bits per heavy atom. The number of hydrogen-bond acceptors (Lipinski definition) is 16. The van der Waals surface area contributed by atoms with Crippen molar-refractivity contribution in [1.29, 1.82) is 0 Å². The predicted molar refractivity (Wildman–Crippen MR) is 378 cm³/mol. The summed E-state index contributed by atoms with van der Waals surface area (Å²) < 4.78 is 43.0. The van der Waals surface area contributed by atoms with Crippen molar-refractivity contribution in [3.05, 3.63) is 214 Å². The Labute approximate surface area is 537 Å². The van der Waals surface area contributed by atoms with Crippen LogP contribution in [0.5, 0.6) is 0 Å². The van der Waals surface area contributed by atoms with Crippen molar-refractivity contribution >= 4 is 136 Å². The molecular weight excluding hydrogens is 1130 g/mol. The lowest BCUT2D eigenvalue weighted by Gasteiger charge is -2.40. The number of benzene rings is 4. The zero-order chi connectivity index (χ0) is 65.3. The number of anilines is 11. The van der Waals surface area contributed by atoms with Crippen LogP contribution >= 0.6 is 0 Å². The van der Waals surface area contributed by atoms with Gasteiger partial charge in [0, 0.05) is 78.6 Å². The second-order valence-corrected chi connectivity index (χ2v) is 24.7. The summed E-state index contributed by atoms with van der Waals surface area (Å²) in [7, 11) is 6.20. The molecule has 0 aliphatic carbocycles.